The van der Waals surface area contributed by atoms with Crippen LogP contribution in [0.3, 0.4) is 0 Å². The number of nitrogens with one attached hydrogen (secondary N) is 1. The third-order valence-corrected chi connectivity index (χ3v) is 5.65. The van der Waals surface area contributed by atoms with Gasteiger partial charge in [0.15, 0.2) is 0 Å². The van der Waals surface area contributed by atoms with E-state index < -0.39 is 10.0 Å². The number of sulfonamides is 1. The first kappa shape index (κ1) is 16.6. The van der Waals surface area contributed by atoms with Gasteiger partial charge in [0.05, 0.1) is 24.2 Å². The van der Waals surface area contributed by atoms with E-state index in [4.69, 9.17) is 4.74 Å². The molecule has 0 fully saturated rings. The number of hydrogen-bond acceptors (Lipinski definition) is 6. The summed E-state index contributed by atoms with van der Waals surface area (Å²) in [5.74, 6) is 0.581. The van der Waals surface area contributed by atoms with Crippen LogP contribution in [0.15, 0.2) is 46.9 Å². The Labute approximate surface area is 144 Å². The maximum Gasteiger partial charge on any atom is 0.240 e. The van der Waals surface area contributed by atoms with Crippen molar-refractivity contribution in [3.63, 3.8) is 0 Å². The van der Waals surface area contributed by atoms with E-state index in [2.05, 4.69) is 14.8 Å². The van der Waals surface area contributed by atoms with Crippen LogP contribution < -0.4 is 9.46 Å². The molecule has 1 aromatic carbocycles. The van der Waals surface area contributed by atoms with Gasteiger partial charge in [0.2, 0.25) is 10.0 Å². The number of rotatable bonds is 6. The molecule has 0 aliphatic carbocycles. The molecular weight excluding hydrogens is 348 g/mol. The van der Waals surface area contributed by atoms with E-state index >= 15 is 0 Å². The van der Waals surface area contributed by atoms with Crippen molar-refractivity contribution in [1.82, 2.24) is 19.5 Å². The lowest BCUT2D eigenvalue weighted by Crippen LogP contribution is -2.23. The van der Waals surface area contributed by atoms with Gasteiger partial charge in [-0.3, -0.25) is 4.68 Å². The van der Waals surface area contributed by atoms with Crippen LogP contribution in [0, 0.1) is 0 Å². The highest BCUT2D eigenvalue weighted by Gasteiger charge is 2.18. The van der Waals surface area contributed by atoms with Crippen molar-refractivity contribution in [3.05, 3.63) is 47.0 Å². The number of nitrogens with zero attached hydrogens (tertiary/aromatic N) is 3. The average Bonchev–Trinajstić information content (AvgIpc) is 3.24. The third-order valence-electron chi connectivity index (χ3n) is 3.47. The molecule has 24 heavy (non-hydrogen) atoms. The smallest absolute Gasteiger partial charge is 0.240 e. The van der Waals surface area contributed by atoms with E-state index in [-0.39, 0.29) is 11.4 Å². The highest BCUT2D eigenvalue weighted by Crippen LogP contribution is 2.31. The molecule has 0 bridgehead atoms. The largest absolute Gasteiger partial charge is 0.496 e. The van der Waals surface area contributed by atoms with Gasteiger partial charge < -0.3 is 4.74 Å². The fourth-order valence-corrected chi connectivity index (χ4v) is 3.93. The molecule has 0 aliphatic heterocycles. The lowest BCUT2D eigenvalue weighted by atomic mass is 10.1. The number of ether oxygens (including phenoxy) is 1. The second-order valence-electron chi connectivity index (χ2n) is 4.95. The molecule has 0 radical (unpaired) electrons. The zero-order valence-electron chi connectivity index (χ0n) is 13.1. The van der Waals surface area contributed by atoms with Crippen molar-refractivity contribution in [3.8, 4) is 17.0 Å². The summed E-state index contributed by atoms with van der Waals surface area (Å²) in [5, 5.41) is 6.63. The van der Waals surface area contributed by atoms with E-state index in [1.165, 1.54) is 17.4 Å². The molecule has 3 rings (SSSR count). The predicted octanol–water partition coefficient (Wildman–Crippen LogP) is 2.03. The number of hydrogen-bond donors (Lipinski definition) is 1. The minimum Gasteiger partial charge on any atom is -0.496 e. The minimum absolute atomic E-state index is 0.160. The van der Waals surface area contributed by atoms with Crippen molar-refractivity contribution in [1.29, 1.82) is 0 Å². The zero-order valence-corrected chi connectivity index (χ0v) is 14.8. The molecule has 7 nitrogen and oxygen atoms in total. The first-order valence-electron chi connectivity index (χ1n) is 7.06. The molecule has 0 saturated heterocycles. The van der Waals surface area contributed by atoms with Crippen LogP contribution in [0.25, 0.3) is 11.3 Å². The summed E-state index contributed by atoms with van der Waals surface area (Å²) in [6.07, 6.45) is 3.29. The van der Waals surface area contributed by atoms with Gasteiger partial charge in [-0.15, -0.1) is 11.3 Å². The third kappa shape index (κ3) is 3.32. The predicted molar refractivity (Wildman–Crippen MR) is 91.3 cm³/mol. The van der Waals surface area contributed by atoms with Crippen LogP contribution in [-0.2, 0) is 23.6 Å². The van der Waals surface area contributed by atoms with Gasteiger partial charge in [-0.05, 0) is 24.3 Å². The molecule has 0 amide bonds. The monoisotopic (exact) mass is 364 g/mol. The molecule has 0 atom stereocenters. The summed E-state index contributed by atoms with van der Waals surface area (Å²) in [7, 11) is -0.322. The molecule has 0 spiro atoms. The summed E-state index contributed by atoms with van der Waals surface area (Å²) < 4.78 is 34.6. The van der Waals surface area contributed by atoms with E-state index in [1.807, 2.05) is 0 Å². The highest BCUT2D eigenvalue weighted by molar-refractivity contribution is 7.89. The fourth-order valence-electron chi connectivity index (χ4n) is 2.27. The van der Waals surface area contributed by atoms with Crippen molar-refractivity contribution >= 4 is 21.4 Å². The molecule has 0 saturated carbocycles. The Morgan fingerprint density at radius 1 is 1.29 bits per heavy atom. The maximum absolute atomic E-state index is 12.5. The summed E-state index contributed by atoms with van der Waals surface area (Å²) in [4.78, 5) is 4.23. The average molecular weight is 364 g/mol. The van der Waals surface area contributed by atoms with Crippen LogP contribution in [-0.4, -0.2) is 30.3 Å². The quantitative estimate of drug-likeness (QED) is 0.723. The Bertz CT molecular complexity index is 934. The summed E-state index contributed by atoms with van der Waals surface area (Å²) in [6.45, 7) is 0.160. The van der Waals surface area contributed by atoms with Crippen molar-refractivity contribution in [2.75, 3.05) is 7.11 Å². The Balaban J connectivity index is 1.95. The summed E-state index contributed by atoms with van der Waals surface area (Å²) in [5.41, 5.74) is 1.43. The topological polar surface area (TPSA) is 86.1 Å². The maximum atomic E-state index is 12.5. The molecule has 0 aliphatic rings. The Hall–Kier alpha value is -2.23. The second kappa shape index (κ2) is 6.71. The van der Waals surface area contributed by atoms with Crippen LogP contribution in [0.1, 0.15) is 5.01 Å². The SMILES string of the molecule is COc1ccc(S(=O)(=O)NCc2nccs2)cc1-c1ccnn1C. The fraction of sp³-hybridized carbons (Fsp3) is 0.200. The Morgan fingerprint density at radius 2 is 2.12 bits per heavy atom. The van der Waals surface area contributed by atoms with Gasteiger partial charge in [-0.2, -0.15) is 5.10 Å². The number of benzene rings is 1. The van der Waals surface area contributed by atoms with Gasteiger partial charge in [-0.1, -0.05) is 0 Å². The summed E-state index contributed by atoms with van der Waals surface area (Å²) >= 11 is 1.40. The molecule has 1 N–H and O–H groups in total. The van der Waals surface area contributed by atoms with Gasteiger partial charge in [0.1, 0.15) is 10.8 Å². The lowest BCUT2D eigenvalue weighted by Gasteiger charge is -2.12. The van der Waals surface area contributed by atoms with Crippen LogP contribution in [0.2, 0.25) is 0 Å². The highest BCUT2D eigenvalue weighted by atomic mass is 32.2. The first-order valence-corrected chi connectivity index (χ1v) is 9.42. The molecule has 3 aromatic rings. The van der Waals surface area contributed by atoms with Gasteiger partial charge >= 0.3 is 0 Å². The van der Waals surface area contributed by atoms with Crippen LogP contribution >= 0.6 is 11.3 Å². The van der Waals surface area contributed by atoms with Gasteiger partial charge in [0.25, 0.3) is 0 Å². The number of aryl methyl sites for hydroxylation is 1. The van der Waals surface area contributed by atoms with Crippen molar-refractivity contribution < 1.29 is 13.2 Å². The molecule has 2 heterocycles. The number of methoxy groups -OCH3 is 1. The Morgan fingerprint density at radius 3 is 2.75 bits per heavy atom. The van der Waals surface area contributed by atoms with Crippen molar-refractivity contribution in [2.45, 2.75) is 11.4 Å². The minimum atomic E-state index is -3.66. The zero-order chi connectivity index (χ0) is 17.2. The second-order valence-corrected chi connectivity index (χ2v) is 7.70. The standard InChI is InChI=1S/C15H16N4O3S2/c1-19-13(5-6-17-19)12-9-11(3-4-14(12)22-2)24(20,21)18-10-15-16-7-8-23-15/h3-9,18H,10H2,1-2H3. The van der Waals surface area contributed by atoms with E-state index in [9.17, 15) is 8.42 Å². The van der Waals surface area contributed by atoms with Gasteiger partial charge in [0, 0.05) is 30.4 Å². The van der Waals surface area contributed by atoms with E-state index in [0.29, 0.717) is 16.3 Å². The first-order chi connectivity index (χ1) is 11.5. The molecule has 126 valence electrons. The van der Waals surface area contributed by atoms with E-state index in [1.54, 1.807) is 54.8 Å². The lowest BCUT2D eigenvalue weighted by molar-refractivity contribution is 0.415. The number of thiazole rings is 1. The molecular formula is C15H16N4O3S2. The Kier molecular flexibility index (Phi) is 4.65. The van der Waals surface area contributed by atoms with Crippen molar-refractivity contribution in [2.24, 2.45) is 7.05 Å². The molecule has 9 heteroatoms. The van der Waals surface area contributed by atoms with Crippen LogP contribution in [0.4, 0.5) is 0 Å². The van der Waals surface area contributed by atoms with E-state index in [0.717, 1.165) is 5.69 Å². The molecule has 2 aromatic heterocycles. The number of aromatic nitrogens is 3. The normalized spacial score (nSPS) is 11.6. The van der Waals surface area contributed by atoms with Gasteiger partial charge in [-0.25, -0.2) is 18.1 Å². The molecule has 0 unspecified atom stereocenters. The van der Waals surface area contributed by atoms with Crippen LogP contribution in [0.5, 0.6) is 5.75 Å². The summed E-state index contributed by atoms with van der Waals surface area (Å²) in [6, 6.07) is 6.54.